The molecule has 13 heavy (non-hydrogen) atoms. The van der Waals surface area contributed by atoms with Crippen LogP contribution in [0.3, 0.4) is 0 Å². The summed E-state index contributed by atoms with van der Waals surface area (Å²) in [4.78, 5) is 0. The summed E-state index contributed by atoms with van der Waals surface area (Å²) in [5.74, 6) is 0. The van der Waals surface area contributed by atoms with Gasteiger partial charge in [-0.25, -0.2) is 0 Å². The smallest absolute Gasteiger partial charge is 0.0860 e. The van der Waals surface area contributed by atoms with Gasteiger partial charge in [-0.05, 0) is 22.5 Å². The summed E-state index contributed by atoms with van der Waals surface area (Å²) >= 11 is 3.29. The van der Waals surface area contributed by atoms with Gasteiger partial charge in [-0.15, -0.1) is 0 Å². The number of halogens is 1. The lowest BCUT2D eigenvalue weighted by Crippen LogP contribution is -2.30. The van der Waals surface area contributed by atoms with Gasteiger partial charge in [-0.2, -0.15) is 5.10 Å². The predicted molar refractivity (Wildman–Crippen MR) is 54.5 cm³/mol. The molecule has 0 aromatic carbocycles. The number of hydrogen-bond acceptors (Lipinski definition) is 3. The molecular formula is C8H14BrN3O. The van der Waals surface area contributed by atoms with E-state index in [1.807, 2.05) is 13.1 Å². The van der Waals surface area contributed by atoms with E-state index in [-0.39, 0.29) is 6.10 Å². The summed E-state index contributed by atoms with van der Waals surface area (Å²) < 4.78 is 2.65. The van der Waals surface area contributed by atoms with Crippen LogP contribution in [0.2, 0.25) is 0 Å². The Hall–Kier alpha value is -0.390. The highest BCUT2D eigenvalue weighted by Gasteiger charge is 2.04. The van der Waals surface area contributed by atoms with Crippen molar-refractivity contribution in [1.82, 2.24) is 15.1 Å². The molecule has 0 aliphatic rings. The number of rotatable bonds is 5. The van der Waals surface area contributed by atoms with Crippen LogP contribution in [0.25, 0.3) is 0 Å². The first-order valence-corrected chi connectivity index (χ1v) is 5.08. The second-order valence-electron chi connectivity index (χ2n) is 2.84. The first-order valence-electron chi connectivity index (χ1n) is 4.29. The molecule has 0 saturated carbocycles. The fourth-order valence-electron chi connectivity index (χ4n) is 1.03. The molecule has 5 heteroatoms. The highest BCUT2D eigenvalue weighted by atomic mass is 79.9. The quantitative estimate of drug-likeness (QED) is 0.803. The Bertz CT molecular complexity index is 251. The zero-order chi connectivity index (χ0) is 9.68. The first kappa shape index (κ1) is 10.7. The minimum Gasteiger partial charge on any atom is -0.390 e. The monoisotopic (exact) mass is 247 g/mol. The number of aromatic nitrogens is 2. The van der Waals surface area contributed by atoms with Crippen molar-refractivity contribution in [3.8, 4) is 0 Å². The molecule has 0 aliphatic heterocycles. The minimum absolute atomic E-state index is 0.383. The van der Waals surface area contributed by atoms with Crippen LogP contribution < -0.4 is 5.32 Å². The third-order valence-corrected chi connectivity index (χ3v) is 2.04. The second kappa shape index (κ2) is 5.36. The molecular weight excluding hydrogens is 234 g/mol. The molecule has 0 fully saturated rings. The van der Waals surface area contributed by atoms with Crippen molar-refractivity contribution in [1.29, 1.82) is 0 Å². The van der Waals surface area contributed by atoms with E-state index in [0.29, 0.717) is 13.1 Å². The molecule has 1 rings (SSSR count). The maximum Gasteiger partial charge on any atom is 0.0860 e. The molecule has 0 saturated heterocycles. The van der Waals surface area contributed by atoms with Crippen LogP contribution in [0, 0.1) is 0 Å². The van der Waals surface area contributed by atoms with E-state index in [1.165, 1.54) is 0 Å². The summed E-state index contributed by atoms with van der Waals surface area (Å²) in [7, 11) is 0. The Kier molecular flexibility index (Phi) is 4.41. The Morgan fingerprint density at radius 1 is 1.77 bits per heavy atom. The van der Waals surface area contributed by atoms with Gasteiger partial charge in [0.2, 0.25) is 0 Å². The lowest BCUT2D eigenvalue weighted by Gasteiger charge is -2.10. The molecule has 2 N–H and O–H groups in total. The average Bonchev–Trinajstić information content (AvgIpc) is 2.48. The lowest BCUT2D eigenvalue weighted by molar-refractivity contribution is 0.147. The molecule has 74 valence electrons. The molecule has 1 aromatic rings. The van der Waals surface area contributed by atoms with Gasteiger partial charge >= 0.3 is 0 Å². The fourth-order valence-corrected chi connectivity index (χ4v) is 1.36. The van der Waals surface area contributed by atoms with E-state index in [2.05, 4.69) is 26.3 Å². The van der Waals surface area contributed by atoms with Crippen molar-refractivity contribution < 1.29 is 5.11 Å². The van der Waals surface area contributed by atoms with Crippen molar-refractivity contribution in [2.24, 2.45) is 0 Å². The summed E-state index contributed by atoms with van der Waals surface area (Å²) in [6.07, 6.45) is 3.17. The van der Waals surface area contributed by atoms with Crippen molar-refractivity contribution in [3.63, 3.8) is 0 Å². The second-order valence-corrected chi connectivity index (χ2v) is 3.76. The molecule has 0 spiro atoms. The van der Waals surface area contributed by atoms with E-state index in [1.54, 1.807) is 10.9 Å². The van der Waals surface area contributed by atoms with Crippen molar-refractivity contribution >= 4 is 15.9 Å². The summed E-state index contributed by atoms with van der Waals surface area (Å²) in [6.45, 7) is 4.02. The Balaban J connectivity index is 2.31. The Morgan fingerprint density at radius 3 is 3.08 bits per heavy atom. The van der Waals surface area contributed by atoms with E-state index < -0.39 is 0 Å². The molecule has 1 unspecified atom stereocenters. The maximum atomic E-state index is 9.50. The molecule has 4 nitrogen and oxygen atoms in total. The Labute approximate surface area is 86.1 Å². The number of likely N-dealkylation sites (N-methyl/N-ethyl adjacent to an activating group) is 1. The van der Waals surface area contributed by atoms with Gasteiger partial charge in [0.15, 0.2) is 0 Å². The van der Waals surface area contributed by atoms with Gasteiger partial charge in [-0.1, -0.05) is 6.92 Å². The van der Waals surface area contributed by atoms with Crippen molar-refractivity contribution in [2.45, 2.75) is 19.6 Å². The molecule has 0 amide bonds. The third kappa shape index (κ3) is 3.89. The van der Waals surface area contributed by atoms with Crippen LogP contribution in [-0.2, 0) is 6.54 Å². The number of nitrogens with one attached hydrogen (secondary N) is 1. The van der Waals surface area contributed by atoms with Crippen molar-refractivity contribution in [3.05, 3.63) is 16.9 Å². The van der Waals surface area contributed by atoms with Crippen molar-refractivity contribution in [2.75, 3.05) is 13.1 Å². The number of aliphatic hydroxyl groups excluding tert-OH is 1. The van der Waals surface area contributed by atoms with Gasteiger partial charge in [0, 0.05) is 12.7 Å². The highest BCUT2D eigenvalue weighted by Crippen LogP contribution is 2.06. The number of nitrogens with zero attached hydrogens (tertiary/aromatic N) is 2. The van der Waals surface area contributed by atoms with Gasteiger partial charge in [-0.3, -0.25) is 4.68 Å². The van der Waals surface area contributed by atoms with Crippen LogP contribution in [0.5, 0.6) is 0 Å². The maximum absolute atomic E-state index is 9.50. The average molecular weight is 248 g/mol. The zero-order valence-corrected chi connectivity index (χ0v) is 9.16. The van der Waals surface area contributed by atoms with Gasteiger partial charge < -0.3 is 10.4 Å². The number of hydrogen-bond donors (Lipinski definition) is 2. The topological polar surface area (TPSA) is 50.1 Å². The summed E-state index contributed by atoms with van der Waals surface area (Å²) in [6, 6.07) is 0. The van der Waals surface area contributed by atoms with E-state index in [4.69, 9.17) is 0 Å². The van der Waals surface area contributed by atoms with Crippen LogP contribution >= 0.6 is 15.9 Å². The van der Waals surface area contributed by atoms with Gasteiger partial charge in [0.1, 0.15) is 0 Å². The third-order valence-electron chi connectivity index (χ3n) is 1.63. The molecule has 1 atom stereocenters. The van der Waals surface area contributed by atoms with E-state index in [0.717, 1.165) is 11.0 Å². The first-order chi connectivity index (χ1) is 6.22. The van der Waals surface area contributed by atoms with Crippen LogP contribution in [0.15, 0.2) is 16.9 Å². The molecule has 0 bridgehead atoms. The van der Waals surface area contributed by atoms with E-state index >= 15 is 0 Å². The molecule has 0 radical (unpaired) electrons. The lowest BCUT2D eigenvalue weighted by atomic mass is 10.3. The molecule has 1 heterocycles. The number of aliphatic hydroxyl groups is 1. The van der Waals surface area contributed by atoms with Gasteiger partial charge in [0.05, 0.1) is 23.3 Å². The van der Waals surface area contributed by atoms with Gasteiger partial charge in [0.25, 0.3) is 0 Å². The molecule has 0 aliphatic carbocycles. The highest BCUT2D eigenvalue weighted by molar-refractivity contribution is 9.10. The Morgan fingerprint density at radius 2 is 2.54 bits per heavy atom. The zero-order valence-electron chi connectivity index (χ0n) is 7.57. The summed E-state index contributed by atoms with van der Waals surface area (Å²) in [5, 5.41) is 16.6. The predicted octanol–water partition coefficient (Wildman–Crippen LogP) is 0.616. The SMILES string of the molecule is CCNCC(O)Cn1cc(Br)cn1. The van der Waals surface area contributed by atoms with E-state index in [9.17, 15) is 5.11 Å². The van der Waals surface area contributed by atoms with Crippen LogP contribution in [-0.4, -0.2) is 34.1 Å². The summed E-state index contributed by atoms with van der Waals surface area (Å²) in [5.41, 5.74) is 0. The normalized spacial score (nSPS) is 13.2. The minimum atomic E-state index is -0.383. The fraction of sp³-hybridized carbons (Fsp3) is 0.625. The standard InChI is InChI=1S/C8H14BrN3O/c1-2-10-4-8(13)6-12-5-7(9)3-11-12/h3,5,8,10,13H,2,4,6H2,1H3. The molecule has 1 aromatic heterocycles. The van der Waals surface area contributed by atoms with Crippen LogP contribution in [0.4, 0.5) is 0 Å². The largest absolute Gasteiger partial charge is 0.390 e. The van der Waals surface area contributed by atoms with Crippen LogP contribution in [0.1, 0.15) is 6.92 Å².